The Labute approximate surface area is 98.1 Å². The van der Waals surface area contributed by atoms with Crippen LogP contribution in [-0.2, 0) is 7.05 Å². The van der Waals surface area contributed by atoms with Crippen molar-refractivity contribution in [3.63, 3.8) is 0 Å². The van der Waals surface area contributed by atoms with E-state index in [2.05, 4.69) is 0 Å². The lowest BCUT2D eigenvalue weighted by atomic mass is 10.3. The third-order valence-corrected chi connectivity index (χ3v) is 2.74. The number of nitrogens with two attached hydrogens (primary N) is 1. The SMILES string of the molecule is Cc1c(C(N)=O)n(C)c(=O)n1-c1ccccc1. The van der Waals surface area contributed by atoms with E-state index in [0.29, 0.717) is 5.69 Å². The van der Waals surface area contributed by atoms with E-state index in [9.17, 15) is 9.59 Å². The highest BCUT2D eigenvalue weighted by Crippen LogP contribution is 2.11. The molecule has 0 atom stereocenters. The second kappa shape index (κ2) is 3.93. The number of carbonyl (C=O) groups excluding carboxylic acids is 1. The summed E-state index contributed by atoms with van der Waals surface area (Å²) < 4.78 is 2.74. The number of nitrogens with zero attached hydrogens (tertiary/aromatic N) is 2. The van der Waals surface area contributed by atoms with Gasteiger partial charge in [-0.2, -0.15) is 0 Å². The van der Waals surface area contributed by atoms with Gasteiger partial charge in [0.05, 0.1) is 11.4 Å². The molecule has 2 rings (SSSR count). The minimum Gasteiger partial charge on any atom is -0.364 e. The molecular weight excluding hydrogens is 218 g/mol. The first kappa shape index (κ1) is 11.2. The van der Waals surface area contributed by atoms with Crippen LogP contribution in [0, 0.1) is 6.92 Å². The maximum atomic E-state index is 12.0. The average molecular weight is 231 g/mol. The number of amides is 1. The molecule has 1 aromatic carbocycles. The number of hydrogen-bond donors (Lipinski definition) is 1. The van der Waals surface area contributed by atoms with E-state index >= 15 is 0 Å². The molecule has 5 nitrogen and oxygen atoms in total. The van der Waals surface area contributed by atoms with E-state index < -0.39 is 5.91 Å². The molecule has 0 saturated carbocycles. The van der Waals surface area contributed by atoms with Gasteiger partial charge in [-0.15, -0.1) is 0 Å². The summed E-state index contributed by atoms with van der Waals surface area (Å²) in [7, 11) is 1.54. The molecule has 1 heterocycles. The van der Waals surface area contributed by atoms with Crippen LogP contribution in [0.25, 0.3) is 5.69 Å². The Bertz CT molecular complexity index is 623. The number of aromatic nitrogens is 2. The molecule has 0 fully saturated rings. The summed E-state index contributed by atoms with van der Waals surface area (Å²) in [6.07, 6.45) is 0. The van der Waals surface area contributed by atoms with E-state index in [0.717, 1.165) is 5.69 Å². The van der Waals surface area contributed by atoms with Crippen molar-refractivity contribution >= 4 is 5.91 Å². The lowest BCUT2D eigenvalue weighted by Crippen LogP contribution is -2.24. The van der Waals surface area contributed by atoms with Crippen molar-refractivity contribution in [2.24, 2.45) is 12.8 Å². The first-order valence-corrected chi connectivity index (χ1v) is 5.17. The zero-order chi connectivity index (χ0) is 12.6. The van der Waals surface area contributed by atoms with E-state index in [1.165, 1.54) is 16.2 Å². The van der Waals surface area contributed by atoms with Crippen molar-refractivity contribution in [3.05, 3.63) is 52.2 Å². The molecule has 1 amide bonds. The maximum absolute atomic E-state index is 12.0. The third-order valence-electron chi connectivity index (χ3n) is 2.74. The zero-order valence-corrected chi connectivity index (χ0v) is 9.68. The fourth-order valence-corrected chi connectivity index (χ4v) is 1.96. The lowest BCUT2D eigenvalue weighted by molar-refractivity contribution is 0.0991. The molecule has 88 valence electrons. The Kier molecular flexibility index (Phi) is 2.59. The molecule has 0 saturated heterocycles. The highest BCUT2D eigenvalue weighted by atomic mass is 16.2. The van der Waals surface area contributed by atoms with Gasteiger partial charge in [-0.1, -0.05) is 18.2 Å². The molecule has 0 spiro atoms. The molecular formula is C12H13N3O2. The standard InChI is InChI=1S/C12H13N3O2/c1-8-10(11(13)16)14(2)12(17)15(8)9-6-4-3-5-7-9/h3-7H,1-2H3,(H2,13,16). The van der Waals surface area contributed by atoms with Gasteiger partial charge in [-0.05, 0) is 19.1 Å². The summed E-state index contributed by atoms with van der Waals surface area (Å²) in [5.41, 5.74) is 6.50. The molecule has 1 aromatic heterocycles. The Morgan fingerprint density at radius 3 is 2.29 bits per heavy atom. The van der Waals surface area contributed by atoms with Gasteiger partial charge >= 0.3 is 5.69 Å². The number of primary amides is 1. The minimum atomic E-state index is -0.600. The fraction of sp³-hybridized carbons (Fsp3) is 0.167. The highest BCUT2D eigenvalue weighted by molar-refractivity contribution is 5.92. The molecule has 2 N–H and O–H groups in total. The normalized spacial score (nSPS) is 10.5. The van der Waals surface area contributed by atoms with Gasteiger partial charge in [0.1, 0.15) is 5.69 Å². The molecule has 0 aliphatic carbocycles. The van der Waals surface area contributed by atoms with Crippen molar-refractivity contribution in [2.75, 3.05) is 0 Å². The molecule has 0 bridgehead atoms. The van der Waals surface area contributed by atoms with Crippen LogP contribution in [0.15, 0.2) is 35.1 Å². The molecule has 17 heavy (non-hydrogen) atoms. The fourth-order valence-electron chi connectivity index (χ4n) is 1.96. The molecule has 0 aliphatic rings. The smallest absolute Gasteiger partial charge is 0.333 e. The highest BCUT2D eigenvalue weighted by Gasteiger charge is 2.18. The quantitative estimate of drug-likeness (QED) is 0.821. The van der Waals surface area contributed by atoms with Gasteiger partial charge in [0.2, 0.25) is 0 Å². The second-order valence-corrected chi connectivity index (χ2v) is 3.81. The van der Waals surface area contributed by atoms with E-state index in [-0.39, 0.29) is 11.4 Å². The van der Waals surface area contributed by atoms with Crippen molar-refractivity contribution in [1.29, 1.82) is 0 Å². The average Bonchev–Trinajstić information content (AvgIpc) is 2.51. The largest absolute Gasteiger partial charge is 0.364 e. The summed E-state index contributed by atoms with van der Waals surface area (Å²) in [6.45, 7) is 1.70. The minimum absolute atomic E-state index is 0.235. The Balaban J connectivity index is 2.77. The van der Waals surface area contributed by atoms with Gasteiger partial charge < -0.3 is 5.73 Å². The van der Waals surface area contributed by atoms with Crippen molar-refractivity contribution in [2.45, 2.75) is 6.92 Å². The number of para-hydroxylation sites is 1. The van der Waals surface area contributed by atoms with Gasteiger partial charge in [-0.3, -0.25) is 13.9 Å². The maximum Gasteiger partial charge on any atom is 0.333 e. The summed E-state index contributed by atoms with van der Waals surface area (Å²) in [5.74, 6) is -0.600. The predicted molar refractivity (Wildman–Crippen MR) is 64.3 cm³/mol. The van der Waals surface area contributed by atoms with Crippen LogP contribution in [-0.4, -0.2) is 15.0 Å². The van der Waals surface area contributed by atoms with Crippen LogP contribution in [0.3, 0.4) is 0 Å². The number of rotatable bonds is 2. The van der Waals surface area contributed by atoms with Crippen LogP contribution in [0.4, 0.5) is 0 Å². The Hall–Kier alpha value is -2.30. The first-order valence-electron chi connectivity index (χ1n) is 5.17. The van der Waals surface area contributed by atoms with E-state index in [1.54, 1.807) is 19.1 Å². The van der Waals surface area contributed by atoms with Crippen LogP contribution < -0.4 is 11.4 Å². The summed E-state index contributed by atoms with van der Waals surface area (Å²) >= 11 is 0. The Morgan fingerprint density at radius 1 is 1.24 bits per heavy atom. The van der Waals surface area contributed by atoms with E-state index in [4.69, 9.17) is 5.73 Å². The molecule has 0 aliphatic heterocycles. The van der Waals surface area contributed by atoms with Gasteiger partial charge in [0.15, 0.2) is 0 Å². The second-order valence-electron chi connectivity index (χ2n) is 3.81. The van der Waals surface area contributed by atoms with Crippen LogP contribution in [0.5, 0.6) is 0 Å². The van der Waals surface area contributed by atoms with Crippen molar-refractivity contribution < 1.29 is 4.79 Å². The number of benzene rings is 1. The van der Waals surface area contributed by atoms with Crippen LogP contribution >= 0.6 is 0 Å². The van der Waals surface area contributed by atoms with E-state index in [1.807, 2.05) is 18.2 Å². The zero-order valence-electron chi connectivity index (χ0n) is 9.68. The van der Waals surface area contributed by atoms with Crippen molar-refractivity contribution in [3.8, 4) is 5.69 Å². The Morgan fingerprint density at radius 2 is 1.82 bits per heavy atom. The predicted octanol–water partition coefficient (Wildman–Crippen LogP) is 0.583. The van der Waals surface area contributed by atoms with Crippen LogP contribution in [0.2, 0.25) is 0 Å². The third kappa shape index (κ3) is 1.65. The summed E-state index contributed by atoms with van der Waals surface area (Å²) in [5, 5.41) is 0. The van der Waals surface area contributed by atoms with Gasteiger partial charge in [0, 0.05) is 7.05 Å². The van der Waals surface area contributed by atoms with Gasteiger partial charge in [-0.25, -0.2) is 4.79 Å². The van der Waals surface area contributed by atoms with Crippen LogP contribution in [0.1, 0.15) is 16.2 Å². The topological polar surface area (TPSA) is 70.0 Å². The molecule has 0 radical (unpaired) electrons. The summed E-state index contributed by atoms with van der Waals surface area (Å²) in [4.78, 5) is 23.3. The number of imidazole rings is 1. The molecule has 5 heteroatoms. The molecule has 2 aromatic rings. The van der Waals surface area contributed by atoms with Crippen molar-refractivity contribution in [1.82, 2.24) is 9.13 Å². The van der Waals surface area contributed by atoms with Gasteiger partial charge in [0.25, 0.3) is 5.91 Å². The first-order chi connectivity index (χ1) is 8.04. The lowest BCUT2D eigenvalue weighted by Gasteiger charge is -2.03. The monoisotopic (exact) mass is 231 g/mol. The number of hydrogen-bond acceptors (Lipinski definition) is 2. The molecule has 0 unspecified atom stereocenters. The summed E-state index contributed by atoms with van der Waals surface area (Å²) in [6, 6.07) is 9.14. The number of carbonyl (C=O) groups is 1.